The lowest BCUT2D eigenvalue weighted by atomic mass is 10.1. The number of thiazole rings is 1. The van der Waals surface area contributed by atoms with Crippen LogP contribution in [-0.4, -0.2) is 37.8 Å². The summed E-state index contributed by atoms with van der Waals surface area (Å²) in [6.07, 6.45) is 1.43. The topological polar surface area (TPSA) is 37.4 Å². The Morgan fingerprint density at radius 1 is 1.53 bits per heavy atom. The van der Waals surface area contributed by atoms with E-state index in [0.29, 0.717) is 12.0 Å². The first-order chi connectivity index (χ1) is 9.15. The molecule has 1 aromatic rings. The Morgan fingerprint density at radius 3 is 2.95 bits per heavy atom. The van der Waals surface area contributed by atoms with Crippen molar-refractivity contribution in [1.82, 2.24) is 10.3 Å². The highest BCUT2D eigenvalue weighted by Crippen LogP contribution is 2.31. The first kappa shape index (κ1) is 14.8. The molecule has 1 saturated heterocycles. The van der Waals surface area contributed by atoms with Gasteiger partial charge in [-0.05, 0) is 19.4 Å². The van der Waals surface area contributed by atoms with Gasteiger partial charge in [0, 0.05) is 24.5 Å². The van der Waals surface area contributed by atoms with E-state index in [1.165, 1.54) is 10.6 Å². The largest absolute Gasteiger partial charge is 0.375 e. The van der Waals surface area contributed by atoms with E-state index in [-0.39, 0.29) is 0 Å². The Hall–Kier alpha value is -0.650. The molecular weight excluding hydrogens is 258 g/mol. The summed E-state index contributed by atoms with van der Waals surface area (Å²) in [5, 5.41) is 4.41. The second-order valence-electron chi connectivity index (χ2n) is 5.34. The van der Waals surface area contributed by atoms with Crippen molar-refractivity contribution in [2.45, 2.75) is 45.8 Å². The van der Waals surface area contributed by atoms with E-state index in [1.54, 1.807) is 0 Å². The molecule has 19 heavy (non-hydrogen) atoms. The van der Waals surface area contributed by atoms with Crippen LogP contribution in [0.4, 0.5) is 5.13 Å². The molecule has 1 aliphatic rings. The zero-order valence-electron chi connectivity index (χ0n) is 12.4. The molecule has 1 atom stereocenters. The van der Waals surface area contributed by atoms with Gasteiger partial charge in [-0.15, -0.1) is 11.3 Å². The van der Waals surface area contributed by atoms with E-state index in [1.807, 2.05) is 18.4 Å². The van der Waals surface area contributed by atoms with Gasteiger partial charge in [0.2, 0.25) is 0 Å². The molecule has 0 aromatic carbocycles. The summed E-state index contributed by atoms with van der Waals surface area (Å²) in [5.74, 6) is 0.483. The van der Waals surface area contributed by atoms with Crippen LogP contribution < -0.4 is 10.2 Å². The molecule has 0 aliphatic carbocycles. The molecule has 108 valence electrons. The summed E-state index contributed by atoms with van der Waals surface area (Å²) in [6, 6.07) is 0. The van der Waals surface area contributed by atoms with Gasteiger partial charge in [-0.1, -0.05) is 20.8 Å². The fraction of sp³-hybridized carbons (Fsp3) is 0.786. The average Bonchev–Trinajstić information content (AvgIpc) is 2.83. The van der Waals surface area contributed by atoms with E-state index < -0.39 is 0 Å². The maximum absolute atomic E-state index is 5.73. The summed E-state index contributed by atoms with van der Waals surface area (Å²) in [4.78, 5) is 8.62. The second kappa shape index (κ2) is 6.68. The van der Waals surface area contributed by atoms with Crippen molar-refractivity contribution in [2.24, 2.45) is 0 Å². The predicted molar refractivity (Wildman–Crippen MR) is 81.2 cm³/mol. The van der Waals surface area contributed by atoms with E-state index in [0.717, 1.165) is 37.8 Å². The van der Waals surface area contributed by atoms with Crippen molar-refractivity contribution < 1.29 is 4.74 Å². The molecule has 1 fully saturated rings. The Labute approximate surface area is 120 Å². The van der Waals surface area contributed by atoms with Gasteiger partial charge >= 0.3 is 0 Å². The van der Waals surface area contributed by atoms with Gasteiger partial charge < -0.3 is 15.0 Å². The molecule has 1 aromatic heterocycles. The number of ether oxygens (including phenoxy) is 1. The van der Waals surface area contributed by atoms with Crippen molar-refractivity contribution >= 4 is 16.5 Å². The zero-order valence-corrected chi connectivity index (χ0v) is 13.2. The Morgan fingerprint density at radius 2 is 2.32 bits per heavy atom. The molecule has 2 rings (SSSR count). The third-order valence-electron chi connectivity index (χ3n) is 3.47. The molecule has 0 spiro atoms. The number of anilines is 1. The lowest BCUT2D eigenvalue weighted by Crippen LogP contribution is -2.42. The van der Waals surface area contributed by atoms with Crippen LogP contribution in [0.25, 0.3) is 0 Å². The molecule has 1 unspecified atom stereocenters. The predicted octanol–water partition coefficient (Wildman–Crippen LogP) is 2.60. The van der Waals surface area contributed by atoms with E-state index in [2.05, 4.69) is 31.0 Å². The zero-order chi connectivity index (χ0) is 13.8. The molecule has 1 N–H and O–H groups in total. The normalized spacial score (nSPS) is 20.3. The van der Waals surface area contributed by atoms with E-state index in [4.69, 9.17) is 9.72 Å². The molecular formula is C14H25N3OS. The van der Waals surface area contributed by atoms with Crippen LogP contribution in [0.1, 0.15) is 43.7 Å². The fourth-order valence-corrected chi connectivity index (χ4v) is 3.63. The summed E-state index contributed by atoms with van der Waals surface area (Å²) >= 11 is 1.83. The maximum Gasteiger partial charge on any atom is 0.186 e. The molecule has 0 radical (unpaired) electrons. The number of hydrogen-bond acceptors (Lipinski definition) is 5. The third kappa shape index (κ3) is 3.46. The smallest absolute Gasteiger partial charge is 0.186 e. The lowest BCUT2D eigenvalue weighted by molar-refractivity contribution is 0.0384. The molecule has 5 heteroatoms. The number of nitrogens with zero attached hydrogens (tertiary/aromatic N) is 2. The van der Waals surface area contributed by atoms with E-state index in [9.17, 15) is 0 Å². The lowest BCUT2D eigenvalue weighted by Gasteiger charge is -2.32. The van der Waals surface area contributed by atoms with Gasteiger partial charge in [-0.2, -0.15) is 0 Å². The summed E-state index contributed by atoms with van der Waals surface area (Å²) in [6.45, 7) is 10.3. The van der Waals surface area contributed by atoms with Gasteiger partial charge in [0.15, 0.2) is 5.13 Å². The van der Waals surface area contributed by atoms with Crippen molar-refractivity contribution in [2.75, 3.05) is 31.6 Å². The first-order valence-corrected chi connectivity index (χ1v) is 7.98. The molecule has 0 bridgehead atoms. The Balaban J connectivity index is 2.17. The standard InChI is InChI=1S/C14H25N3OS/c1-5-11-9-17(6-7-18-11)14-16-13(10(2)3)12(19-14)8-15-4/h10-11,15H,5-9H2,1-4H3. The Bertz CT molecular complexity index is 405. The van der Waals surface area contributed by atoms with Crippen LogP contribution >= 0.6 is 11.3 Å². The van der Waals surface area contributed by atoms with E-state index >= 15 is 0 Å². The van der Waals surface area contributed by atoms with Gasteiger partial charge in [-0.3, -0.25) is 0 Å². The van der Waals surface area contributed by atoms with Gasteiger partial charge in [0.1, 0.15) is 0 Å². The second-order valence-corrected chi connectivity index (χ2v) is 6.40. The van der Waals surface area contributed by atoms with Crippen molar-refractivity contribution in [1.29, 1.82) is 0 Å². The molecule has 0 amide bonds. The highest BCUT2D eigenvalue weighted by Gasteiger charge is 2.23. The number of nitrogens with one attached hydrogen (secondary N) is 1. The highest BCUT2D eigenvalue weighted by atomic mass is 32.1. The summed E-state index contributed by atoms with van der Waals surface area (Å²) in [7, 11) is 1.99. The quantitative estimate of drug-likeness (QED) is 0.901. The van der Waals surface area contributed by atoms with Crippen LogP contribution in [0.3, 0.4) is 0 Å². The maximum atomic E-state index is 5.73. The number of morpholine rings is 1. The molecule has 4 nitrogen and oxygen atoms in total. The molecule has 0 saturated carbocycles. The molecule has 2 heterocycles. The number of hydrogen-bond donors (Lipinski definition) is 1. The van der Waals surface area contributed by atoms with Crippen LogP contribution in [0.5, 0.6) is 0 Å². The van der Waals surface area contributed by atoms with Crippen molar-refractivity contribution in [3.8, 4) is 0 Å². The highest BCUT2D eigenvalue weighted by molar-refractivity contribution is 7.15. The summed E-state index contributed by atoms with van der Waals surface area (Å²) < 4.78 is 5.73. The summed E-state index contributed by atoms with van der Waals surface area (Å²) in [5.41, 5.74) is 1.24. The minimum Gasteiger partial charge on any atom is -0.375 e. The van der Waals surface area contributed by atoms with Gasteiger partial charge in [0.25, 0.3) is 0 Å². The van der Waals surface area contributed by atoms with Crippen LogP contribution in [0.2, 0.25) is 0 Å². The van der Waals surface area contributed by atoms with Crippen molar-refractivity contribution in [3.05, 3.63) is 10.6 Å². The SMILES string of the molecule is CCC1CN(c2nc(C(C)C)c(CNC)s2)CCO1. The number of aromatic nitrogens is 1. The average molecular weight is 283 g/mol. The number of rotatable bonds is 5. The minimum atomic E-state index is 0.355. The van der Waals surface area contributed by atoms with Crippen LogP contribution in [0, 0.1) is 0 Å². The van der Waals surface area contributed by atoms with Crippen LogP contribution in [0.15, 0.2) is 0 Å². The van der Waals surface area contributed by atoms with Crippen molar-refractivity contribution in [3.63, 3.8) is 0 Å². The minimum absolute atomic E-state index is 0.355. The molecule has 1 aliphatic heterocycles. The Kier molecular flexibility index (Phi) is 5.19. The third-order valence-corrected chi connectivity index (χ3v) is 4.60. The first-order valence-electron chi connectivity index (χ1n) is 7.16. The monoisotopic (exact) mass is 283 g/mol. The van der Waals surface area contributed by atoms with Crippen LogP contribution in [-0.2, 0) is 11.3 Å². The van der Waals surface area contributed by atoms with Gasteiger partial charge in [-0.25, -0.2) is 4.98 Å². The fourth-order valence-electron chi connectivity index (χ4n) is 2.36. The van der Waals surface area contributed by atoms with Gasteiger partial charge in [0.05, 0.1) is 18.4 Å².